The van der Waals surface area contributed by atoms with E-state index in [0.29, 0.717) is 0 Å². The van der Waals surface area contributed by atoms with Gasteiger partial charge in [0, 0.05) is 0 Å². The number of hydrogen-bond donors (Lipinski definition) is 0. The monoisotopic (exact) mass is 277 g/mol. The lowest BCUT2D eigenvalue weighted by atomic mass is 9.91. The predicted octanol–water partition coefficient (Wildman–Crippen LogP) is 6.05. The Labute approximate surface area is 129 Å². The lowest BCUT2D eigenvalue weighted by molar-refractivity contribution is 1.65. The molecule has 5 aromatic carbocycles. The summed E-state index contributed by atoms with van der Waals surface area (Å²) in [5, 5.41) is 8.01. The van der Waals surface area contributed by atoms with Crippen molar-refractivity contribution in [3.8, 4) is 11.1 Å². The maximum atomic E-state index is 3.09. The fourth-order valence-electron chi connectivity index (χ4n) is 3.50. The van der Waals surface area contributed by atoms with Crippen LogP contribution in [0.15, 0.2) is 78.9 Å². The molecular weight excluding hydrogens is 264 g/mol. The summed E-state index contributed by atoms with van der Waals surface area (Å²) in [6, 6.07) is 31.3. The van der Waals surface area contributed by atoms with Gasteiger partial charge < -0.3 is 0 Å². The van der Waals surface area contributed by atoms with Crippen LogP contribution >= 0.6 is 0 Å². The first-order chi connectivity index (χ1) is 10.9. The van der Waals surface area contributed by atoms with E-state index in [9.17, 15) is 0 Å². The van der Waals surface area contributed by atoms with Crippen LogP contribution in [0.5, 0.6) is 0 Å². The fraction of sp³-hybridized carbons (Fsp3) is 0. The van der Waals surface area contributed by atoms with Gasteiger partial charge in [-0.3, -0.25) is 0 Å². The van der Waals surface area contributed by atoms with E-state index in [-0.39, 0.29) is 0 Å². The molecule has 0 atom stereocenters. The van der Waals surface area contributed by atoms with E-state index in [1.54, 1.807) is 0 Å². The third-order valence-electron chi connectivity index (χ3n) is 4.51. The van der Waals surface area contributed by atoms with E-state index in [1.165, 1.54) is 43.4 Å². The highest BCUT2D eigenvalue weighted by Gasteiger charge is 2.09. The zero-order valence-electron chi connectivity index (χ0n) is 12.0. The molecule has 0 bridgehead atoms. The Hall–Kier alpha value is -2.86. The highest BCUT2D eigenvalue weighted by atomic mass is 14.1. The summed E-state index contributed by atoms with van der Waals surface area (Å²) in [5.41, 5.74) is 2.50. The van der Waals surface area contributed by atoms with Crippen LogP contribution in [0.3, 0.4) is 0 Å². The smallest absolute Gasteiger partial charge is 0.00264 e. The summed E-state index contributed by atoms with van der Waals surface area (Å²) in [7, 11) is 0. The molecule has 0 amide bonds. The lowest BCUT2D eigenvalue weighted by Gasteiger charge is -2.12. The molecule has 0 spiro atoms. The van der Waals surface area contributed by atoms with Crippen molar-refractivity contribution in [2.45, 2.75) is 0 Å². The van der Waals surface area contributed by atoms with Crippen molar-refractivity contribution in [3.63, 3.8) is 0 Å². The van der Waals surface area contributed by atoms with Crippen molar-refractivity contribution >= 4 is 32.3 Å². The first-order valence-electron chi connectivity index (χ1n) is 7.54. The Morgan fingerprint density at radius 3 is 1.68 bits per heavy atom. The number of hydrogen-bond acceptors (Lipinski definition) is 0. The molecule has 0 aliphatic rings. The van der Waals surface area contributed by atoms with Crippen molar-refractivity contribution in [2.75, 3.05) is 0 Å². The molecule has 0 aliphatic carbocycles. The summed E-state index contributed by atoms with van der Waals surface area (Å²) >= 11 is 0. The minimum Gasteiger partial charge on any atom is -0.0610 e. The van der Waals surface area contributed by atoms with Gasteiger partial charge in [-0.05, 0) is 61.6 Å². The molecule has 0 N–H and O–H groups in total. The molecular formula is C22H13. The Morgan fingerprint density at radius 2 is 1.05 bits per heavy atom. The molecule has 0 saturated carbocycles. The van der Waals surface area contributed by atoms with Gasteiger partial charge in [0.25, 0.3) is 0 Å². The first-order valence-corrected chi connectivity index (χ1v) is 7.54. The topological polar surface area (TPSA) is 0 Å². The molecule has 0 aliphatic heterocycles. The van der Waals surface area contributed by atoms with Crippen LogP contribution in [0.25, 0.3) is 43.4 Å². The molecule has 101 valence electrons. The Bertz CT molecular complexity index is 1040. The fourth-order valence-corrected chi connectivity index (χ4v) is 3.50. The average Bonchev–Trinajstić information content (AvgIpc) is 2.60. The van der Waals surface area contributed by atoms with E-state index in [2.05, 4.69) is 72.8 Å². The second-order valence-electron chi connectivity index (χ2n) is 5.80. The molecule has 0 heteroatoms. The van der Waals surface area contributed by atoms with E-state index in [1.807, 2.05) is 12.1 Å². The van der Waals surface area contributed by atoms with Crippen LogP contribution in [0.1, 0.15) is 0 Å². The van der Waals surface area contributed by atoms with Gasteiger partial charge in [-0.15, -0.1) is 0 Å². The quantitative estimate of drug-likeness (QED) is 0.327. The highest BCUT2D eigenvalue weighted by molar-refractivity contribution is 6.23. The van der Waals surface area contributed by atoms with Crippen molar-refractivity contribution in [1.29, 1.82) is 0 Å². The molecule has 1 radical (unpaired) electrons. The van der Waals surface area contributed by atoms with Gasteiger partial charge in [0.2, 0.25) is 0 Å². The summed E-state index contributed by atoms with van der Waals surface area (Å²) in [6.07, 6.45) is 0. The summed E-state index contributed by atoms with van der Waals surface area (Å²) < 4.78 is 0. The zero-order chi connectivity index (χ0) is 14.5. The van der Waals surface area contributed by atoms with Gasteiger partial charge in [0.15, 0.2) is 0 Å². The van der Waals surface area contributed by atoms with E-state index in [4.69, 9.17) is 0 Å². The molecule has 0 fully saturated rings. The van der Waals surface area contributed by atoms with E-state index < -0.39 is 0 Å². The van der Waals surface area contributed by atoms with Crippen LogP contribution in [-0.4, -0.2) is 0 Å². The predicted molar refractivity (Wildman–Crippen MR) is 94.4 cm³/mol. The third kappa shape index (κ3) is 1.58. The molecule has 0 nitrogen and oxygen atoms in total. The normalized spacial score (nSPS) is 11.6. The molecule has 0 saturated heterocycles. The number of rotatable bonds is 1. The third-order valence-corrected chi connectivity index (χ3v) is 4.51. The summed E-state index contributed by atoms with van der Waals surface area (Å²) in [6.45, 7) is 0. The van der Waals surface area contributed by atoms with Crippen molar-refractivity contribution in [1.82, 2.24) is 0 Å². The number of benzene rings is 5. The van der Waals surface area contributed by atoms with Gasteiger partial charge in [0.1, 0.15) is 0 Å². The molecule has 22 heavy (non-hydrogen) atoms. The van der Waals surface area contributed by atoms with E-state index >= 15 is 0 Å². The lowest BCUT2D eigenvalue weighted by Crippen LogP contribution is -1.85. The second kappa shape index (κ2) is 4.32. The zero-order valence-corrected chi connectivity index (χ0v) is 12.0. The SMILES string of the molecule is [c]1ccc(-c2cc3ccc4cccc5ccc(c2)c3c45)cc1. The molecule has 0 unspecified atom stereocenters. The summed E-state index contributed by atoms with van der Waals surface area (Å²) in [5.74, 6) is 0. The molecule has 0 aromatic heterocycles. The van der Waals surface area contributed by atoms with Gasteiger partial charge >= 0.3 is 0 Å². The van der Waals surface area contributed by atoms with Gasteiger partial charge in [-0.2, -0.15) is 0 Å². The first kappa shape index (κ1) is 11.8. The highest BCUT2D eigenvalue weighted by Crippen LogP contribution is 2.37. The molecule has 5 rings (SSSR count). The van der Waals surface area contributed by atoms with Gasteiger partial charge in [-0.25, -0.2) is 0 Å². The van der Waals surface area contributed by atoms with Gasteiger partial charge in [-0.1, -0.05) is 66.7 Å². The Morgan fingerprint density at radius 1 is 0.500 bits per heavy atom. The van der Waals surface area contributed by atoms with Crippen LogP contribution in [0, 0.1) is 6.07 Å². The largest absolute Gasteiger partial charge is 0.0610 e. The summed E-state index contributed by atoms with van der Waals surface area (Å²) in [4.78, 5) is 0. The molecule has 5 aromatic rings. The second-order valence-corrected chi connectivity index (χ2v) is 5.80. The van der Waals surface area contributed by atoms with Crippen LogP contribution in [0.4, 0.5) is 0 Å². The van der Waals surface area contributed by atoms with Crippen molar-refractivity contribution in [3.05, 3.63) is 84.9 Å². The van der Waals surface area contributed by atoms with Crippen LogP contribution < -0.4 is 0 Å². The maximum absolute atomic E-state index is 3.09. The van der Waals surface area contributed by atoms with Crippen LogP contribution in [0.2, 0.25) is 0 Å². The van der Waals surface area contributed by atoms with Crippen LogP contribution in [-0.2, 0) is 0 Å². The molecule has 0 heterocycles. The standard InChI is InChI=1S/C22H13/c1-2-5-15(6-3-1)20-13-18-11-9-16-7-4-8-17-10-12-19(14-20)22(18)21(16)17/h2-14H. The minimum absolute atomic E-state index is 1.24. The van der Waals surface area contributed by atoms with E-state index in [0.717, 1.165) is 0 Å². The minimum atomic E-state index is 1.24. The Kier molecular flexibility index (Phi) is 2.31. The Balaban J connectivity index is 1.95. The van der Waals surface area contributed by atoms with Gasteiger partial charge in [0.05, 0.1) is 0 Å². The maximum Gasteiger partial charge on any atom is -0.00264 e. The van der Waals surface area contributed by atoms with Crippen molar-refractivity contribution < 1.29 is 0 Å². The average molecular weight is 277 g/mol. The van der Waals surface area contributed by atoms with Crippen molar-refractivity contribution in [2.24, 2.45) is 0 Å².